The molecule has 1 aliphatic heterocycles. The molecule has 2 rings (SSSR count). The van der Waals surface area contributed by atoms with Gasteiger partial charge in [-0.15, -0.1) is 0 Å². The minimum atomic E-state index is -2.75. The third kappa shape index (κ3) is 8.35. The van der Waals surface area contributed by atoms with Crippen molar-refractivity contribution < 1.29 is 8.42 Å². The summed E-state index contributed by atoms with van der Waals surface area (Å²) in [6, 6.07) is 10.2. The van der Waals surface area contributed by atoms with Gasteiger partial charge in [0.1, 0.15) is 0 Å². The fourth-order valence-corrected chi connectivity index (χ4v) is 3.52. The van der Waals surface area contributed by atoms with Gasteiger partial charge in [0.15, 0.2) is 9.84 Å². The molecule has 1 aliphatic rings. The Hall–Kier alpha value is -1.13. The second-order valence-electron chi connectivity index (χ2n) is 5.62. The Kier molecular flexibility index (Phi) is 9.09. The van der Waals surface area contributed by atoms with Gasteiger partial charge in [0, 0.05) is 19.6 Å². The molecule has 0 aromatic heterocycles. The van der Waals surface area contributed by atoms with E-state index in [0.717, 1.165) is 6.54 Å². The summed E-state index contributed by atoms with van der Waals surface area (Å²) in [4.78, 5) is 2.19. The van der Waals surface area contributed by atoms with E-state index < -0.39 is 9.84 Å². The molecule has 0 spiro atoms. The van der Waals surface area contributed by atoms with E-state index in [1.165, 1.54) is 24.8 Å². The van der Waals surface area contributed by atoms with E-state index in [4.69, 9.17) is 0 Å². The molecular formula is C18H29NO2S. The third-order valence-corrected chi connectivity index (χ3v) is 5.26. The Morgan fingerprint density at radius 1 is 1.14 bits per heavy atom. The predicted octanol–water partition coefficient (Wildman–Crippen LogP) is 3.67. The van der Waals surface area contributed by atoms with Crippen molar-refractivity contribution >= 4 is 9.84 Å². The highest BCUT2D eigenvalue weighted by Crippen LogP contribution is 2.09. The van der Waals surface area contributed by atoms with E-state index >= 15 is 0 Å². The van der Waals surface area contributed by atoms with E-state index in [9.17, 15) is 8.42 Å². The predicted molar refractivity (Wildman–Crippen MR) is 94.7 cm³/mol. The molecule has 0 saturated carbocycles. The lowest BCUT2D eigenvalue weighted by atomic mass is 10.2. The van der Waals surface area contributed by atoms with Crippen LogP contribution < -0.4 is 0 Å². The van der Waals surface area contributed by atoms with Crippen molar-refractivity contribution in [2.24, 2.45) is 0 Å². The molecule has 0 unspecified atom stereocenters. The highest BCUT2D eigenvalue weighted by Gasteiger charge is 2.21. The maximum Gasteiger partial charge on any atom is 0.152 e. The summed E-state index contributed by atoms with van der Waals surface area (Å²) >= 11 is 0. The van der Waals surface area contributed by atoms with E-state index in [1.807, 2.05) is 18.2 Å². The summed E-state index contributed by atoms with van der Waals surface area (Å²) in [5.41, 5.74) is 1.25. The van der Waals surface area contributed by atoms with Crippen molar-refractivity contribution in [2.75, 3.05) is 24.6 Å². The lowest BCUT2D eigenvalue weighted by Crippen LogP contribution is -2.39. The topological polar surface area (TPSA) is 37.4 Å². The second-order valence-corrected chi connectivity index (χ2v) is 7.93. The van der Waals surface area contributed by atoms with Crippen LogP contribution >= 0.6 is 0 Å². The van der Waals surface area contributed by atoms with Gasteiger partial charge in [-0.1, -0.05) is 62.2 Å². The molecule has 1 heterocycles. The van der Waals surface area contributed by atoms with Crippen LogP contribution in [0, 0.1) is 0 Å². The average molecular weight is 324 g/mol. The summed E-state index contributed by atoms with van der Waals surface area (Å²) in [6.45, 7) is 6.46. The third-order valence-electron chi connectivity index (χ3n) is 3.65. The van der Waals surface area contributed by atoms with Crippen molar-refractivity contribution in [3.8, 4) is 0 Å². The minimum Gasteiger partial charge on any atom is -0.297 e. The first-order valence-electron chi connectivity index (χ1n) is 8.15. The van der Waals surface area contributed by atoms with Crippen LogP contribution in [0.2, 0.25) is 0 Å². The average Bonchev–Trinajstić information content (AvgIpc) is 2.52. The molecule has 124 valence electrons. The van der Waals surface area contributed by atoms with Crippen LogP contribution in [-0.4, -0.2) is 37.9 Å². The van der Waals surface area contributed by atoms with Crippen LogP contribution in [0.3, 0.4) is 0 Å². The number of hydrogen-bond acceptors (Lipinski definition) is 3. The summed E-state index contributed by atoms with van der Waals surface area (Å²) in [6.07, 6.45) is 8.22. The Balaban J connectivity index is 0.000000295. The molecule has 22 heavy (non-hydrogen) atoms. The summed E-state index contributed by atoms with van der Waals surface area (Å²) in [5, 5.41) is 0. The zero-order valence-electron chi connectivity index (χ0n) is 13.9. The molecule has 4 heteroatoms. The number of rotatable bonds is 5. The number of unbranched alkanes of at least 4 members (excludes halogenated alkanes) is 2. The van der Waals surface area contributed by atoms with Gasteiger partial charge < -0.3 is 0 Å². The Morgan fingerprint density at radius 2 is 1.77 bits per heavy atom. The summed E-state index contributed by atoms with van der Waals surface area (Å²) in [7, 11) is -2.75. The molecule has 1 aromatic rings. The molecule has 0 bridgehead atoms. The van der Waals surface area contributed by atoms with E-state index in [0.29, 0.717) is 24.6 Å². The van der Waals surface area contributed by atoms with Gasteiger partial charge in [-0.3, -0.25) is 4.90 Å². The zero-order valence-corrected chi connectivity index (χ0v) is 14.7. The zero-order chi connectivity index (χ0) is 16.3. The maximum absolute atomic E-state index is 11.2. The minimum absolute atomic E-state index is 0.305. The standard InChI is InChI=1S/C11H15NO2S.C7H14/c13-15(14)8-6-12(7-9-15)10-11-4-2-1-3-5-11;1-3-5-7-6-4-2/h1-5H,6-10H2;3,5H,4,6-7H2,1-2H3/b;5-3+. The van der Waals surface area contributed by atoms with Crippen molar-refractivity contribution in [3.05, 3.63) is 48.0 Å². The molecule has 0 radical (unpaired) electrons. The Morgan fingerprint density at radius 3 is 2.32 bits per heavy atom. The van der Waals surface area contributed by atoms with Crippen LogP contribution in [-0.2, 0) is 16.4 Å². The number of benzene rings is 1. The highest BCUT2D eigenvalue weighted by molar-refractivity contribution is 7.91. The Bertz CT molecular complexity index is 509. The molecule has 1 saturated heterocycles. The van der Waals surface area contributed by atoms with Gasteiger partial charge in [0.2, 0.25) is 0 Å². The van der Waals surface area contributed by atoms with Crippen LogP contribution in [0.5, 0.6) is 0 Å². The number of allylic oxidation sites excluding steroid dienone is 2. The molecule has 0 N–H and O–H groups in total. The SMILES string of the molecule is C/C=C/CCCC.O=S1(=O)CCN(Cc2ccccc2)CC1. The molecule has 0 aliphatic carbocycles. The van der Waals surface area contributed by atoms with Crippen molar-refractivity contribution in [1.82, 2.24) is 4.90 Å². The lowest BCUT2D eigenvalue weighted by molar-refractivity contribution is 0.287. The molecular weight excluding hydrogens is 294 g/mol. The fraction of sp³-hybridized carbons (Fsp3) is 0.556. The summed E-state index contributed by atoms with van der Waals surface area (Å²) in [5.74, 6) is 0.611. The van der Waals surface area contributed by atoms with E-state index in [-0.39, 0.29) is 0 Å². The maximum atomic E-state index is 11.2. The van der Waals surface area contributed by atoms with Crippen molar-refractivity contribution in [2.45, 2.75) is 39.7 Å². The van der Waals surface area contributed by atoms with Gasteiger partial charge in [0.25, 0.3) is 0 Å². The van der Waals surface area contributed by atoms with E-state index in [2.05, 4.69) is 43.0 Å². The molecule has 3 nitrogen and oxygen atoms in total. The number of nitrogens with zero attached hydrogens (tertiary/aromatic N) is 1. The largest absolute Gasteiger partial charge is 0.297 e. The van der Waals surface area contributed by atoms with Gasteiger partial charge in [-0.2, -0.15) is 0 Å². The molecule has 1 fully saturated rings. The molecule has 0 amide bonds. The fourth-order valence-electron chi connectivity index (χ4n) is 2.24. The quantitative estimate of drug-likeness (QED) is 0.613. The monoisotopic (exact) mass is 323 g/mol. The van der Waals surface area contributed by atoms with Crippen molar-refractivity contribution in [1.29, 1.82) is 0 Å². The van der Waals surface area contributed by atoms with Gasteiger partial charge >= 0.3 is 0 Å². The number of sulfone groups is 1. The molecule has 1 aromatic carbocycles. The van der Waals surface area contributed by atoms with Gasteiger partial charge in [-0.25, -0.2) is 8.42 Å². The van der Waals surface area contributed by atoms with Crippen molar-refractivity contribution in [3.63, 3.8) is 0 Å². The van der Waals surface area contributed by atoms with Gasteiger partial charge in [0.05, 0.1) is 11.5 Å². The number of hydrogen-bond donors (Lipinski definition) is 0. The second kappa shape index (κ2) is 10.6. The van der Waals surface area contributed by atoms with Crippen LogP contribution in [0.4, 0.5) is 0 Å². The van der Waals surface area contributed by atoms with Crippen LogP contribution in [0.1, 0.15) is 38.7 Å². The summed E-state index contributed by atoms with van der Waals surface area (Å²) < 4.78 is 22.4. The first kappa shape index (κ1) is 18.9. The molecule has 0 atom stereocenters. The van der Waals surface area contributed by atoms with Crippen LogP contribution in [0.15, 0.2) is 42.5 Å². The first-order valence-corrected chi connectivity index (χ1v) is 9.97. The van der Waals surface area contributed by atoms with E-state index in [1.54, 1.807) is 0 Å². The highest BCUT2D eigenvalue weighted by atomic mass is 32.2. The Labute approximate surface area is 136 Å². The van der Waals surface area contributed by atoms with Crippen LogP contribution in [0.25, 0.3) is 0 Å². The smallest absolute Gasteiger partial charge is 0.152 e. The lowest BCUT2D eigenvalue weighted by Gasteiger charge is -2.26. The first-order chi connectivity index (χ1) is 10.6. The normalized spacial score (nSPS) is 17.9. The van der Waals surface area contributed by atoms with Gasteiger partial charge in [-0.05, 0) is 18.9 Å².